The molecule has 5 nitrogen and oxygen atoms in total. The third-order valence-corrected chi connectivity index (χ3v) is 6.86. The number of fused-ring (bicyclic) bond motifs is 2. The Bertz CT molecular complexity index is 644. The first kappa shape index (κ1) is 15.8. The van der Waals surface area contributed by atoms with E-state index in [1.54, 1.807) is 23.5 Å². The molecule has 2 atom stereocenters. The van der Waals surface area contributed by atoms with E-state index < -0.39 is 10.0 Å². The predicted octanol–water partition coefficient (Wildman–Crippen LogP) is 2.33. The van der Waals surface area contributed by atoms with E-state index in [1.807, 2.05) is 13.0 Å². The van der Waals surface area contributed by atoms with E-state index in [0.717, 1.165) is 31.2 Å². The van der Waals surface area contributed by atoms with Crippen LogP contribution >= 0.6 is 0 Å². The summed E-state index contributed by atoms with van der Waals surface area (Å²) in [6, 6.07) is 5.38. The summed E-state index contributed by atoms with van der Waals surface area (Å²) in [7, 11) is -0.326. The second-order valence-electron chi connectivity index (χ2n) is 6.20. The first-order chi connectivity index (χ1) is 10.5. The number of piperidine rings is 1. The normalized spacial score (nSPS) is 28.8. The maximum atomic E-state index is 13.2. The summed E-state index contributed by atoms with van der Waals surface area (Å²) in [5.41, 5.74) is 0.915. The van der Waals surface area contributed by atoms with Gasteiger partial charge in [-0.1, -0.05) is 6.07 Å². The van der Waals surface area contributed by atoms with Gasteiger partial charge in [0.1, 0.15) is 10.6 Å². The molecule has 0 N–H and O–H groups in total. The van der Waals surface area contributed by atoms with Crippen LogP contribution in [0.15, 0.2) is 23.1 Å². The molecule has 0 radical (unpaired) electrons. The van der Waals surface area contributed by atoms with E-state index >= 15 is 0 Å². The molecule has 1 aromatic rings. The van der Waals surface area contributed by atoms with Gasteiger partial charge in [-0.05, 0) is 50.3 Å². The Hall–Kier alpha value is -1.11. The summed E-state index contributed by atoms with van der Waals surface area (Å²) in [4.78, 5) is 0.280. The van der Waals surface area contributed by atoms with Crippen LogP contribution in [0.3, 0.4) is 0 Å². The molecule has 0 amide bonds. The molecule has 0 saturated carbocycles. The fraction of sp³-hybridized carbons (Fsp3) is 0.625. The summed E-state index contributed by atoms with van der Waals surface area (Å²) in [5.74, 6) is 0.416. The zero-order valence-electron chi connectivity index (χ0n) is 13.3. The average molecular weight is 325 g/mol. The molecule has 2 fully saturated rings. The van der Waals surface area contributed by atoms with E-state index in [0.29, 0.717) is 5.75 Å². The topological polar surface area (TPSA) is 55.8 Å². The molecule has 22 heavy (non-hydrogen) atoms. The van der Waals surface area contributed by atoms with Crippen LogP contribution < -0.4 is 4.74 Å². The molecule has 6 heteroatoms. The van der Waals surface area contributed by atoms with Gasteiger partial charge in [0.25, 0.3) is 0 Å². The van der Waals surface area contributed by atoms with Crippen molar-refractivity contribution in [2.45, 2.75) is 55.7 Å². The minimum Gasteiger partial charge on any atom is -0.495 e. The summed E-state index contributed by atoms with van der Waals surface area (Å²) in [6.07, 6.45) is 3.56. The molecule has 2 heterocycles. The smallest absolute Gasteiger partial charge is 0.247 e. The molecular formula is C16H23NO4S. The van der Waals surface area contributed by atoms with Crippen LogP contribution in [0.2, 0.25) is 0 Å². The van der Waals surface area contributed by atoms with Gasteiger partial charge in [-0.15, -0.1) is 0 Å². The largest absolute Gasteiger partial charge is 0.495 e. The number of sulfonamides is 1. The average Bonchev–Trinajstić information content (AvgIpc) is 2.79. The summed E-state index contributed by atoms with van der Waals surface area (Å²) < 4.78 is 38.8. The molecule has 0 aromatic heterocycles. The van der Waals surface area contributed by atoms with Crippen LogP contribution in [-0.2, 0) is 14.8 Å². The van der Waals surface area contributed by atoms with Gasteiger partial charge < -0.3 is 9.47 Å². The Kier molecular flexibility index (Phi) is 4.18. The molecule has 0 spiro atoms. The number of ether oxygens (including phenoxy) is 2. The molecule has 2 aliphatic rings. The number of rotatable bonds is 4. The van der Waals surface area contributed by atoms with Crippen LogP contribution in [0.1, 0.15) is 31.2 Å². The Balaban J connectivity index is 1.99. The third kappa shape index (κ3) is 2.53. The molecule has 2 aliphatic heterocycles. The van der Waals surface area contributed by atoms with Crippen LogP contribution in [0, 0.1) is 6.92 Å². The number of benzene rings is 1. The predicted molar refractivity (Wildman–Crippen MR) is 83.6 cm³/mol. The van der Waals surface area contributed by atoms with Gasteiger partial charge in [-0.2, -0.15) is 4.31 Å². The van der Waals surface area contributed by atoms with Crippen molar-refractivity contribution in [2.75, 3.05) is 14.2 Å². The van der Waals surface area contributed by atoms with Gasteiger partial charge in [0.2, 0.25) is 10.0 Å². The van der Waals surface area contributed by atoms with Crippen molar-refractivity contribution in [3.63, 3.8) is 0 Å². The van der Waals surface area contributed by atoms with Gasteiger partial charge in [-0.25, -0.2) is 8.42 Å². The van der Waals surface area contributed by atoms with Crippen molar-refractivity contribution in [2.24, 2.45) is 0 Å². The van der Waals surface area contributed by atoms with Crippen molar-refractivity contribution >= 4 is 10.0 Å². The summed E-state index contributed by atoms with van der Waals surface area (Å²) in [6.45, 7) is 1.89. The quantitative estimate of drug-likeness (QED) is 0.852. The van der Waals surface area contributed by atoms with Crippen LogP contribution in [0.4, 0.5) is 0 Å². The van der Waals surface area contributed by atoms with Crippen molar-refractivity contribution in [1.29, 1.82) is 0 Å². The van der Waals surface area contributed by atoms with E-state index in [4.69, 9.17) is 9.47 Å². The lowest BCUT2D eigenvalue weighted by molar-refractivity contribution is 0.0349. The van der Waals surface area contributed by atoms with Crippen LogP contribution in [0.25, 0.3) is 0 Å². The third-order valence-electron chi connectivity index (χ3n) is 4.83. The number of nitrogens with zero attached hydrogens (tertiary/aromatic N) is 1. The van der Waals surface area contributed by atoms with E-state index in [-0.39, 0.29) is 23.1 Å². The van der Waals surface area contributed by atoms with Crippen molar-refractivity contribution < 1.29 is 17.9 Å². The minimum atomic E-state index is -3.54. The summed E-state index contributed by atoms with van der Waals surface area (Å²) >= 11 is 0. The fourth-order valence-corrected chi connectivity index (χ4v) is 5.90. The zero-order valence-corrected chi connectivity index (χ0v) is 14.1. The lowest BCUT2D eigenvalue weighted by Crippen LogP contribution is -2.48. The first-order valence-corrected chi connectivity index (χ1v) is 9.12. The Labute approximate surface area is 132 Å². The standard InChI is InChI=1S/C16H23NO4S/c1-11-4-7-15(21-3)16(8-11)22(18,19)17-12-5-6-13(17)10-14(9-12)20-2/h4,7-8,12-14H,5-6,9-10H2,1-3H3. The van der Waals surface area contributed by atoms with E-state index in [2.05, 4.69) is 0 Å². The molecule has 1 aromatic carbocycles. The second kappa shape index (κ2) is 5.83. The Morgan fingerprint density at radius 3 is 2.32 bits per heavy atom. The highest BCUT2D eigenvalue weighted by Gasteiger charge is 2.47. The van der Waals surface area contributed by atoms with Gasteiger partial charge in [-0.3, -0.25) is 0 Å². The van der Waals surface area contributed by atoms with Crippen molar-refractivity contribution in [3.8, 4) is 5.75 Å². The molecule has 2 bridgehead atoms. The highest BCUT2D eigenvalue weighted by atomic mass is 32.2. The first-order valence-electron chi connectivity index (χ1n) is 7.68. The number of hydrogen-bond acceptors (Lipinski definition) is 4. The molecular weight excluding hydrogens is 302 g/mol. The maximum Gasteiger partial charge on any atom is 0.247 e. The van der Waals surface area contributed by atoms with Crippen molar-refractivity contribution in [1.82, 2.24) is 4.31 Å². The van der Waals surface area contributed by atoms with Crippen LogP contribution in [-0.4, -0.2) is 45.1 Å². The minimum absolute atomic E-state index is 0.0407. The van der Waals surface area contributed by atoms with Crippen molar-refractivity contribution in [3.05, 3.63) is 23.8 Å². The van der Waals surface area contributed by atoms with E-state index in [9.17, 15) is 8.42 Å². The fourth-order valence-electron chi connectivity index (χ4n) is 3.77. The second-order valence-corrected chi connectivity index (χ2v) is 8.01. The van der Waals surface area contributed by atoms with E-state index in [1.165, 1.54) is 7.11 Å². The molecule has 0 aliphatic carbocycles. The molecule has 3 rings (SSSR count). The van der Waals surface area contributed by atoms with Gasteiger partial charge >= 0.3 is 0 Å². The Morgan fingerprint density at radius 1 is 1.14 bits per heavy atom. The SMILES string of the molecule is COc1ccc(C)cc1S(=O)(=O)N1C2CCC1CC(OC)C2. The lowest BCUT2D eigenvalue weighted by atomic mass is 10.0. The summed E-state index contributed by atoms with van der Waals surface area (Å²) in [5, 5.41) is 0. The lowest BCUT2D eigenvalue weighted by Gasteiger charge is -2.37. The highest BCUT2D eigenvalue weighted by molar-refractivity contribution is 7.89. The number of hydrogen-bond donors (Lipinski definition) is 0. The molecule has 122 valence electrons. The van der Waals surface area contributed by atoms with Gasteiger partial charge in [0.15, 0.2) is 0 Å². The van der Waals surface area contributed by atoms with Gasteiger partial charge in [0, 0.05) is 19.2 Å². The Morgan fingerprint density at radius 2 is 1.77 bits per heavy atom. The van der Waals surface area contributed by atoms with Gasteiger partial charge in [0.05, 0.1) is 13.2 Å². The number of methoxy groups -OCH3 is 2. The maximum absolute atomic E-state index is 13.2. The monoisotopic (exact) mass is 325 g/mol. The number of aryl methyl sites for hydroxylation is 1. The van der Waals surface area contributed by atoms with Crippen LogP contribution in [0.5, 0.6) is 5.75 Å². The highest BCUT2D eigenvalue weighted by Crippen LogP contribution is 2.42. The molecule has 2 unspecified atom stereocenters. The molecule has 2 saturated heterocycles. The zero-order chi connectivity index (χ0) is 15.9.